The summed E-state index contributed by atoms with van der Waals surface area (Å²) < 4.78 is 1.92. The molecule has 2 atom stereocenters. The fourth-order valence-corrected chi connectivity index (χ4v) is 2.38. The minimum atomic E-state index is -0.395. The van der Waals surface area contributed by atoms with E-state index in [-0.39, 0.29) is 11.9 Å². The first kappa shape index (κ1) is 14.0. The van der Waals surface area contributed by atoms with E-state index in [2.05, 4.69) is 15.4 Å². The van der Waals surface area contributed by atoms with Gasteiger partial charge >= 0.3 is 0 Å². The van der Waals surface area contributed by atoms with E-state index in [1.165, 1.54) is 0 Å². The Morgan fingerprint density at radius 2 is 2.37 bits per heavy atom. The number of rotatable bonds is 5. The molecular weight excluding hydrogens is 242 g/mol. The topological polar surface area (TPSA) is 85.8 Å². The van der Waals surface area contributed by atoms with E-state index >= 15 is 0 Å². The fraction of sp³-hybridized carbons (Fsp3) is 0.769. The molecule has 19 heavy (non-hydrogen) atoms. The summed E-state index contributed by atoms with van der Waals surface area (Å²) in [7, 11) is 0. The molecule has 2 heterocycles. The molecule has 1 aliphatic rings. The Hall–Kier alpha value is -1.43. The molecule has 0 spiro atoms. The van der Waals surface area contributed by atoms with Crippen molar-refractivity contribution >= 4 is 5.91 Å². The number of hydrogen-bond donors (Lipinski definition) is 2. The first-order valence-electron chi connectivity index (χ1n) is 7.12. The van der Waals surface area contributed by atoms with Crippen LogP contribution in [0.5, 0.6) is 0 Å². The summed E-state index contributed by atoms with van der Waals surface area (Å²) in [5, 5.41) is 7.45. The molecule has 0 radical (unpaired) electrons. The predicted octanol–water partition coefficient (Wildman–Crippen LogP) is 0.399. The number of fused-ring (bicyclic) bond motifs is 1. The molecule has 1 amide bonds. The first-order chi connectivity index (χ1) is 9.13. The van der Waals surface area contributed by atoms with Gasteiger partial charge in [-0.15, -0.1) is 0 Å². The van der Waals surface area contributed by atoms with Crippen LogP contribution in [0.3, 0.4) is 0 Å². The van der Waals surface area contributed by atoms with Gasteiger partial charge in [-0.05, 0) is 12.8 Å². The molecular formula is C13H23N5O. The van der Waals surface area contributed by atoms with Crippen LogP contribution in [0.25, 0.3) is 0 Å². The van der Waals surface area contributed by atoms with Crippen molar-refractivity contribution in [1.82, 2.24) is 20.1 Å². The Morgan fingerprint density at radius 1 is 1.58 bits per heavy atom. The van der Waals surface area contributed by atoms with Gasteiger partial charge in [-0.3, -0.25) is 4.79 Å². The molecule has 3 N–H and O–H groups in total. The van der Waals surface area contributed by atoms with Gasteiger partial charge in [0.05, 0.1) is 12.6 Å². The largest absolute Gasteiger partial charge is 0.350 e. The zero-order valence-electron chi connectivity index (χ0n) is 11.7. The normalized spacial score (nSPS) is 19.8. The summed E-state index contributed by atoms with van der Waals surface area (Å²) in [5.74, 6) is 1.86. The van der Waals surface area contributed by atoms with Crippen molar-refractivity contribution in [2.75, 3.05) is 0 Å². The van der Waals surface area contributed by atoms with Gasteiger partial charge in [0.25, 0.3) is 0 Å². The van der Waals surface area contributed by atoms with E-state index in [1.54, 1.807) is 0 Å². The second-order valence-corrected chi connectivity index (χ2v) is 5.12. The SMILES string of the molecule is CCCC(N)C(=O)NC1CCc2nc(CC)nn2C1. The number of nitrogens with two attached hydrogens (primary N) is 1. The second kappa shape index (κ2) is 6.14. The lowest BCUT2D eigenvalue weighted by Crippen LogP contribution is -2.48. The quantitative estimate of drug-likeness (QED) is 0.807. The van der Waals surface area contributed by atoms with Gasteiger partial charge in [-0.25, -0.2) is 9.67 Å². The number of aryl methyl sites for hydroxylation is 2. The average Bonchev–Trinajstić information content (AvgIpc) is 2.81. The van der Waals surface area contributed by atoms with E-state index in [0.717, 1.165) is 43.8 Å². The predicted molar refractivity (Wildman–Crippen MR) is 72.5 cm³/mol. The zero-order valence-corrected chi connectivity index (χ0v) is 11.7. The maximum absolute atomic E-state index is 11.9. The minimum Gasteiger partial charge on any atom is -0.350 e. The summed E-state index contributed by atoms with van der Waals surface area (Å²) in [6.07, 6.45) is 4.27. The van der Waals surface area contributed by atoms with Gasteiger partial charge < -0.3 is 11.1 Å². The van der Waals surface area contributed by atoms with Crippen molar-refractivity contribution < 1.29 is 4.79 Å². The molecule has 0 fully saturated rings. The van der Waals surface area contributed by atoms with Crippen molar-refractivity contribution in [3.05, 3.63) is 11.6 Å². The van der Waals surface area contributed by atoms with Crippen LogP contribution in [0, 0.1) is 0 Å². The molecule has 0 aromatic carbocycles. The Labute approximate surface area is 113 Å². The third-order valence-electron chi connectivity index (χ3n) is 3.50. The molecule has 0 saturated heterocycles. The van der Waals surface area contributed by atoms with Crippen LogP contribution in [-0.2, 0) is 24.2 Å². The van der Waals surface area contributed by atoms with Crippen LogP contribution < -0.4 is 11.1 Å². The molecule has 0 aliphatic carbocycles. The number of amides is 1. The molecule has 106 valence electrons. The monoisotopic (exact) mass is 265 g/mol. The number of nitrogens with zero attached hydrogens (tertiary/aromatic N) is 3. The molecule has 1 aliphatic heterocycles. The maximum atomic E-state index is 11.9. The molecule has 6 nitrogen and oxygen atoms in total. The number of carbonyl (C=O) groups excluding carboxylic acids is 1. The van der Waals surface area contributed by atoms with Crippen LogP contribution in [0.1, 0.15) is 44.8 Å². The lowest BCUT2D eigenvalue weighted by atomic mass is 10.1. The Balaban J connectivity index is 1.92. The summed E-state index contributed by atoms with van der Waals surface area (Å²) >= 11 is 0. The molecule has 0 bridgehead atoms. The van der Waals surface area contributed by atoms with Gasteiger partial charge in [0.1, 0.15) is 5.82 Å². The van der Waals surface area contributed by atoms with Crippen molar-refractivity contribution in [3.8, 4) is 0 Å². The lowest BCUT2D eigenvalue weighted by molar-refractivity contribution is -0.123. The van der Waals surface area contributed by atoms with E-state index in [1.807, 2.05) is 18.5 Å². The standard InChI is InChI=1S/C13H23N5O/c1-3-5-10(14)13(19)15-9-6-7-12-16-11(4-2)17-18(12)8-9/h9-10H,3-8,14H2,1-2H3,(H,15,19). The summed E-state index contributed by atoms with van der Waals surface area (Å²) in [5.41, 5.74) is 5.82. The van der Waals surface area contributed by atoms with E-state index in [4.69, 9.17) is 5.73 Å². The van der Waals surface area contributed by atoms with Crippen molar-refractivity contribution in [3.63, 3.8) is 0 Å². The number of carbonyl (C=O) groups is 1. The van der Waals surface area contributed by atoms with Crippen LogP contribution in [0.2, 0.25) is 0 Å². The number of hydrogen-bond acceptors (Lipinski definition) is 4. The van der Waals surface area contributed by atoms with Crippen LogP contribution in [0.4, 0.5) is 0 Å². The van der Waals surface area contributed by atoms with Gasteiger partial charge in [0.15, 0.2) is 5.82 Å². The fourth-order valence-electron chi connectivity index (χ4n) is 2.38. The van der Waals surface area contributed by atoms with Crippen molar-refractivity contribution in [2.24, 2.45) is 5.73 Å². The maximum Gasteiger partial charge on any atom is 0.237 e. The third-order valence-corrected chi connectivity index (χ3v) is 3.50. The molecule has 1 aromatic rings. The summed E-state index contributed by atoms with van der Waals surface area (Å²) in [6.45, 7) is 4.78. The highest BCUT2D eigenvalue weighted by Gasteiger charge is 2.24. The van der Waals surface area contributed by atoms with Gasteiger partial charge in [-0.2, -0.15) is 5.10 Å². The number of aromatic nitrogens is 3. The second-order valence-electron chi connectivity index (χ2n) is 5.12. The molecule has 6 heteroatoms. The molecule has 2 rings (SSSR count). The highest BCUT2D eigenvalue weighted by Crippen LogP contribution is 2.13. The van der Waals surface area contributed by atoms with Gasteiger partial charge in [0, 0.05) is 18.9 Å². The number of nitrogens with one attached hydrogen (secondary N) is 1. The Morgan fingerprint density at radius 3 is 3.05 bits per heavy atom. The van der Waals surface area contributed by atoms with Crippen molar-refractivity contribution in [1.29, 1.82) is 0 Å². The molecule has 1 aromatic heterocycles. The first-order valence-corrected chi connectivity index (χ1v) is 7.12. The Kier molecular flexibility index (Phi) is 4.52. The van der Waals surface area contributed by atoms with E-state index in [0.29, 0.717) is 6.54 Å². The van der Waals surface area contributed by atoms with Gasteiger partial charge in [-0.1, -0.05) is 20.3 Å². The van der Waals surface area contributed by atoms with Gasteiger partial charge in [0.2, 0.25) is 5.91 Å². The van der Waals surface area contributed by atoms with Crippen LogP contribution in [0.15, 0.2) is 0 Å². The Bertz CT molecular complexity index is 442. The highest BCUT2D eigenvalue weighted by atomic mass is 16.2. The average molecular weight is 265 g/mol. The summed E-state index contributed by atoms with van der Waals surface area (Å²) in [6, 6.07) is -0.275. The van der Waals surface area contributed by atoms with E-state index < -0.39 is 6.04 Å². The molecule has 2 unspecified atom stereocenters. The highest BCUT2D eigenvalue weighted by molar-refractivity contribution is 5.81. The molecule has 0 saturated carbocycles. The van der Waals surface area contributed by atoms with Crippen LogP contribution in [-0.4, -0.2) is 32.8 Å². The zero-order chi connectivity index (χ0) is 13.8. The lowest BCUT2D eigenvalue weighted by Gasteiger charge is -2.24. The minimum absolute atomic E-state index is 0.0499. The van der Waals surface area contributed by atoms with E-state index in [9.17, 15) is 4.79 Å². The van der Waals surface area contributed by atoms with Crippen molar-refractivity contribution in [2.45, 2.75) is 64.6 Å². The smallest absolute Gasteiger partial charge is 0.237 e. The van der Waals surface area contributed by atoms with Crippen LogP contribution >= 0.6 is 0 Å². The summed E-state index contributed by atoms with van der Waals surface area (Å²) in [4.78, 5) is 16.4. The third kappa shape index (κ3) is 3.32.